The van der Waals surface area contributed by atoms with Gasteiger partial charge in [-0.3, -0.25) is 0 Å². The molecule has 1 unspecified atom stereocenters. The summed E-state index contributed by atoms with van der Waals surface area (Å²) >= 11 is 0. The summed E-state index contributed by atoms with van der Waals surface area (Å²) in [7, 11) is -3.34. The van der Waals surface area contributed by atoms with Crippen molar-refractivity contribution in [2.45, 2.75) is 52.5 Å². The molecule has 0 amide bonds. The van der Waals surface area contributed by atoms with Crippen molar-refractivity contribution in [2.24, 2.45) is 5.92 Å². The van der Waals surface area contributed by atoms with E-state index in [1.54, 1.807) is 4.31 Å². The standard InChI is InChI=1S/C13H29N3O2S/c1-4-9-16(11-13-7-5-6-8-14-13)19(17,18)15-10-12(2)3/h12-15H,4-11H2,1-3H3. The topological polar surface area (TPSA) is 61.4 Å². The van der Waals surface area contributed by atoms with Crippen LogP contribution in [0.5, 0.6) is 0 Å². The fourth-order valence-corrected chi connectivity index (χ4v) is 3.77. The van der Waals surface area contributed by atoms with E-state index >= 15 is 0 Å². The van der Waals surface area contributed by atoms with Gasteiger partial charge in [-0.15, -0.1) is 0 Å². The van der Waals surface area contributed by atoms with Crippen molar-refractivity contribution in [3.05, 3.63) is 0 Å². The fourth-order valence-electron chi connectivity index (χ4n) is 2.25. The van der Waals surface area contributed by atoms with E-state index in [1.165, 1.54) is 12.8 Å². The average Bonchev–Trinajstić information content (AvgIpc) is 2.37. The Morgan fingerprint density at radius 3 is 2.63 bits per heavy atom. The maximum absolute atomic E-state index is 12.3. The van der Waals surface area contributed by atoms with Crippen LogP contribution >= 0.6 is 0 Å². The van der Waals surface area contributed by atoms with Crippen LogP contribution in [-0.4, -0.2) is 44.9 Å². The van der Waals surface area contributed by atoms with Gasteiger partial charge in [0.05, 0.1) is 0 Å². The van der Waals surface area contributed by atoms with Gasteiger partial charge in [-0.05, 0) is 31.7 Å². The van der Waals surface area contributed by atoms with Crippen molar-refractivity contribution in [3.63, 3.8) is 0 Å². The Labute approximate surface area is 118 Å². The van der Waals surface area contributed by atoms with Crippen LogP contribution < -0.4 is 10.0 Å². The molecular formula is C13H29N3O2S. The lowest BCUT2D eigenvalue weighted by atomic mass is 10.1. The fraction of sp³-hybridized carbons (Fsp3) is 1.00. The third-order valence-corrected chi connectivity index (χ3v) is 4.87. The van der Waals surface area contributed by atoms with Crippen molar-refractivity contribution in [2.75, 3.05) is 26.2 Å². The molecule has 1 atom stereocenters. The lowest BCUT2D eigenvalue weighted by Crippen LogP contribution is -2.49. The van der Waals surface area contributed by atoms with E-state index < -0.39 is 10.2 Å². The van der Waals surface area contributed by atoms with Gasteiger partial charge in [0.25, 0.3) is 10.2 Å². The summed E-state index contributed by atoms with van der Waals surface area (Å²) in [5.41, 5.74) is 0. The van der Waals surface area contributed by atoms with Crippen LogP contribution in [0.15, 0.2) is 0 Å². The second kappa shape index (κ2) is 8.19. The number of nitrogens with zero attached hydrogens (tertiary/aromatic N) is 1. The summed E-state index contributed by atoms with van der Waals surface area (Å²) in [5.74, 6) is 0.325. The first-order chi connectivity index (χ1) is 8.95. The SMILES string of the molecule is CCCN(CC1CCCCN1)S(=O)(=O)NCC(C)C. The highest BCUT2D eigenvalue weighted by Crippen LogP contribution is 2.11. The third-order valence-electron chi connectivity index (χ3n) is 3.32. The zero-order chi connectivity index (χ0) is 14.3. The number of rotatable bonds is 8. The highest BCUT2D eigenvalue weighted by molar-refractivity contribution is 7.87. The number of hydrogen-bond acceptors (Lipinski definition) is 3. The van der Waals surface area contributed by atoms with Crippen LogP contribution in [0.25, 0.3) is 0 Å². The van der Waals surface area contributed by atoms with Gasteiger partial charge in [0.15, 0.2) is 0 Å². The lowest BCUT2D eigenvalue weighted by Gasteiger charge is -2.30. The van der Waals surface area contributed by atoms with E-state index in [0.717, 1.165) is 19.4 Å². The molecule has 19 heavy (non-hydrogen) atoms. The molecule has 0 aliphatic carbocycles. The van der Waals surface area contributed by atoms with Crippen LogP contribution in [0.1, 0.15) is 46.5 Å². The Morgan fingerprint density at radius 1 is 1.37 bits per heavy atom. The van der Waals surface area contributed by atoms with Crippen molar-refractivity contribution in [3.8, 4) is 0 Å². The molecule has 0 radical (unpaired) electrons. The molecule has 0 aromatic carbocycles. The van der Waals surface area contributed by atoms with Gasteiger partial charge in [0.2, 0.25) is 0 Å². The van der Waals surface area contributed by atoms with Crippen molar-refractivity contribution < 1.29 is 8.42 Å². The molecule has 0 spiro atoms. The summed E-state index contributed by atoms with van der Waals surface area (Å²) in [6.07, 6.45) is 4.30. The van der Waals surface area contributed by atoms with Crippen LogP contribution in [0.3, 0.4) is 0 Å². The molecule has 1 aliphatic heterocycles. The molecule has 0 bridgehead atoms. The molecule has 6 heteroatoms. The van der Waals surface area contributed by atoms with Crippen LogP contribution in [0, 0.1) is 5.92 Å². The van der Waals surface area contributed by atoms with Gasteiger partial charge >= 0.3 is 0 Å². The van der Waals surface area contributed by atoms with E-state index in [-0.39, 0.29) is 0 Å². The smallest absolute Gasteiger partial charge is 0.279 e. The predicted molar refractivity (Wildman–Crippen MR) is 79.3 cm³/mol. The van der Waals surface area contributed by atoms with Crippen LogP contribution in [-0.2, 0) is 10.2 Å². The van der Waals surface area contributed by atoms with E-state index in [0.29, 0.717) is 31.6 Å². The first kappa shape index (κ1) is 16.9. The summed E-state index contributed by atoms with van der Waals surface area (Å²) in [6, 6.07) is 0.302. The van der Waals surface area contributed by atoms with E-state index in [2.05, 4.69) is 10.0 Å². The molecule has 1 saturated heterocycles. The third kappa shape index (κ3) is 6.21. The predicted octanol–water partition coefficient (Wildman–Crippen LogP) is 1.33. The van der Waals surface area contributed by atoms with E-state index in [1.807, 2.05) is 20.8 Å². The van der Waals surface area contributed by atoms with E-state index in [4.69, 9.17) is 0 Å². The Hall–Kier alpha value is -0.170. The molecule has 0 aromatic heterocycles. The second-order valence-electron chi connectivity index (χ2n) is 5.75. The van der Waals surface area contributed by atoms with Crippen LogP contribution in [0.4, 0.5) is 0 Å². The minimum atomic E-state index is -3.34. The first-order valence-electron chi connectivity index (χ1n) is 7.43. The van der Waals surface area contributed by atoms with Crippen molar-refractivity contribution >= 4 is 10.2 Å². The van der Waals surface area contributed by atoms with Crippen LogP contribution in [0.2, 0.25) is 0 Å². The Balaban J connectivity index is 2.58. The monoisotopic (exact) mass is 291 g/mol. The van der Waals surface area contributed by atoms with Gasteiger partial charge < -0.3 is 5.32 Å². The summed E-state index contributed by atoms with van der Waals surface area (Å²) < 4.78 is 28.9. The molecule has 0 saturated carbocycles. The van der Waals surface area contributed by atoms with Crippen molar-refractivity contribution in [1.82, 2.24) is 14.3 Å². The van der Waals surface area contributed by atoms with Gasteiger partial charge in [-0.2, -0.15) is 12.7 Å². The Morgan fingerprint density at radius 2 is 2.11 bits per heavy atom. The molecule has 1 heterocycles. The first-order valence-corrected chi connectivity index (χ1v) is 8.87. The number of piperidine rings is 1. The minimum Gasteiger partial charge on any atom is -0.313 e. The second-order valence-corrected chi connectivity index (χ2v) is 7.51. The highest BCUT2D eigenvalue weighted by Gasteiger charge is 2.25. The average molecular weight is 291 g/mol. The summed E-state index contributed by atoms with van der Waals surface area (Å²) in [6.45, 7) is 8.71. The number of nitrogens with one attached hydrogen (secondary N) is 2. The zero-order valence-corrected chi connectivity index (χ0v) is 13.3. The number of hydrogen-bond donors (Lipinski definition) is 2. The maximum atomic E-state index is 12.3. The van der Waals surface area contributed by atoms with E-state index in [9.17, 15) is 8.42 Å². The molecule has 0 aromatic rings. The molecule has 1 fully saturated rings. The quantitative estimate of drug-likeness (QED) is 0.709. The molecule has 5 nitrogen and oxygen atoms in total. The zero-order valence-electron chi connectivity index (χ0n) is 12.5. The van der Waals surface area contributed by atoms with Gasteiger partial charge in [0.1, 0.15) is 0 Å². The summed E-state index contributed by atoms with van der Waals surface area (Å²) in [4.78, 5) is 0. The normalized spacial score (nSPS) is 21.2. The molecule has 1 rings (SSSR count). The van der Waals surface area contributed by atoms with Gasteiger partial charge in [0, 0.05) is 25.7 Å². The van der Waals surface area contributed by atoms with Crippen molar-refractivity contribution in [1.29, 1.82) is 0 Å². The largest absolute Gasteiger partial charge is 0.313 e. The molecular weight excluding hydrogens is 262 g/mol. The Kier molecular flexibility index (Phi) is 7.28. The minimum absolute atomic E-state index is 0.302. The molecule has 114 valence electrons. The van der Waals surface area contributed by atoms with Gasteiger partial charge in [-0.25, -0.2) is 4.72 Å². The summed E-state index contributed by atoms with van der Waals surface area (Å²) in [5, 5.41) is 3.41. The maximum Gasteiger partial charge on any atom is 0.279 e. The highest BCUT2D eigenvalue weighted by atomic mass is 32.2. The lowest BCUT2D eigenvalue weighted by molar-refractivity contribution is 0.309. The molecule has 1 aliphatic rings. The Bertz CT molecular complexity index is 338. The van der Waals surface area contributed by atoms with Gasteiger partial charge in [-0.1, -0.05) is 27.2 Å². The molecule has 2 N–H and O–H groups in total.